The van der Waals surface area contributed by atoms with Crippen LogP contribution in [0, 0.1) is 17.6 Å². The Morgan fingerprint density at radius 2 is 1.52 bits per heavy atom. The maximum atomic E-state index is 13.6. The second-order valence-corrected chi connectivity index (χ2v) is 9.58. The molecule has 0 radical (unpaired) electrons. The van der Waals surface area contributed by atoms with Crippen molar-refractivity contribution in [3.63, 3.8) is 0 Å². The van der Waals surface area contributed by atoms with Gasteiger partial charge in [0.15, 0.2) is 11.5 Å². The number of amides is 1. The van der Waals surface area contributed by atoms with Crippen LogP contribution in [-0.2, 0) is 14.3 Å². The van der Waals surface area contributed by atoms with Crippen LogP contribution >= 0.6 is 0 Å². The summed E-state index contributed by atoms with van der Waals surface area (Å²) in [4.78, 5) is 38.5. The summed E-state index contributed by atoms with van der Waals surface area (Å²) in [5.74, 6) is -3.14. The highest BCUT2D eigenvalue weighted by Crippen LogP contribution is 2.36. The van der Waals surface area contributed by atoms with Crippen molar-refractivity contribution in [2.45, 2.75) is 38.1 Å². The number of hydrogen-bond acceptors (Lipinski definition) is 6. The van der Waals surface area contributed by atoms with Crippen LogP contribution < -0.4 is 14.8 Å². The lowest BCUT2D eigenvalue weighted by atomic mass is 9.90. The molecule has 1 fully saturated rings. The first-order valence-electron chi connectivity index (χ1n) is 12.8. The minimum absolute atomic E-state index is 0.000362. The van der Waals surface area contributed by atoms with Gasteiger partial charge in [-0.2, -0.15) is 0 Å². The Kier molecular flexibility index (Phi) is 8.93. The lowest BCUT2D eigenvalue weighted by Crippen LogP contribution is -2.40. The smallest absolute Gasteiger partial charge is 0.333 e. The molecule has 0 unspecified atom stereocenters. The Morgan fingerprint density at radius 1 is 0.950 bits per heavy atom. The monoisotopic (exact) mass is 549 g/mol. The van der Waals surface area contributed by atoms with E-state index in [1.165, 1.54) is 68.6 Å². The van der Waals surface area contributed by atoms with Gasteiger partial charge in [0.25, 0.3) is 5.91 Å². The molecule has 0 saturated heterocycles. The van der Waals surface area contributed by atoms with Gasteiger partial charge in [-0.25, -0.2) is 13.6 Å². The lowest BCUT2D eigenvalue weighted by Gasteiger charge is -2.22. The first kappa shape index (κ1) is 28.5. The van der Waals surface area contributed by atoms with Gasteiger partial charge in [0.05, 0.1) is 18.6 Å². The summed E-state index contributed by atoms with van der Waals surface area (Å²) in [5.41, 5.74) is 1.14. The van der Waals surface area contributed by atoms with Crippen LogP contribution in [0.1, 0.15) is 53.6 Å². The Labute approximate surface area is 230 Å². The summed E-state index contributed by atoms with van der Waals surface area (Å²) in [6.45, 7) is 5.32. The number of ether oxygens (including phenoxy) is 3. The molecule has 3 aromatic rings. The van der Waals surface area contributed by atoms with E-state index >= 15 is 0 Å². The summed E-state index contributed by atoms with van der Waals surface area (Å²) < 4.78 is 43.4. The van der Waals surface area contributed by atoms with Gasteiger partial charge in [-0.15, -0.1) is 0 Å². The van der Waals surface area contributed by atoms with Crippen LogP contribution in [0.3, 0.4) is 0 Å². The number of carbonyl (C=O) groups is 3. The van der Waals surface area contributed by atoms with Gasteiger partial charge in [-0.3, -0.25) is 9.59 Å². The molecular formula is C31H29F2NO6. The number of para-hydroxylation sites is 1. The molecule has 208 valence electrons. The van der Waals surface area contributed by atoms with Crippen molar-refractivity contribution in [2.75, 3.05) is 7.11 Å². The van der Waals surface area contributed by atoms with Crippen LogP contribution in [0.2, 0.25) is 0 Å². The van der Waals surface area contributed by atoms with Crippen molar-refractivity contribution in [2.24, 2.45) is 5.92 Å². The summed E-state index contributed by atoms with van der Waals surface area (Å²) in [6.07, 6.45) is 2.16. The number of allylic oxidation sites excluding steroid dienone is 1. The average molecular weight is 550 g/mol. The van der Waals surface area contributed by atoms with E-state index in [0.717, 1.165) is 12.8 Å². The minimum atomic E-state index is -1.13. The Bertz CT molecular complexity index is 1350. The van der Waals surface area contributed by atoms with Gasteiger partial charge in [-0.1, -0.05) is 36.9 Å². The number of hydrogen-bond donors (Lipinski definition) is 1. The number of carbonyl (C=O) groups excluding carboxylic acids is 3. The number of halogens is 2. The zero-order valence-electron chi connectivity index (χ0n) is 22.1. The molecule has 0 aromatic heterocycles. The second kappa shape index (κ2) is 12.5. The number of rotatable bonds is 11. The van der Waals surface area contributed by atoms with Crippen molar-refractivity contribution < 1.29 is 37.4 Å². The second-order valence-electron chi connectivity index (χ2n) is 9.58. The predicted molar refractivity (Wildman–Crippen MR) is 143 cm³/mol. The number of nitrogens with one attached hydrogen (secondary N) is 1. The number of methoxy groups -OCH3 is 1. The van der Waals surface area contributed by atoms with Gasteiger partial charge < -0.3 is 19.5 Å². The van der Waals surface area contributed by atoms with E-state index in [2.05, 4.69) is 11.9 Å². The molecule has 9 heteroatoms. The molecule has 1 aliphatic carbocycles. The molecule has 1 atom stereocenters. The van der Waals surface area contributed by atoms with Crippen LogP contribution in [0.4, 0.5) is 8.78 Å². The Hall–Kier alpha value is -4.53. The SMILES string of the molecule is C=C(OC(=O)[C@H](C)NC(=O)c1cccc(OC)c1OC(=O)CC1CC1)C(c1ccc(F)cc1)c1ccc(F)cc1. The first-order chi connectivity index (χ1) is 19.2. The molecule has 1 N–H and O–H groups in total. The molecule has 40 heavy (non-hydrogen) atoms. The molecule has 4 rings (SSSR count). The van der Waals surface area contributed by atoms with Crippen LogP contribution in [0.25, 0.3) is 0 Å². The molecule has 0 spiro atoms. The van der Waals surface area contributed by atoms with Gasteiger partial charge in [-0.05, 0) is 73.2 Å². The van der Waals surface area contributed by atoms with Crippen molar-refractivity contribution in [3.05, 3.63) is 107 Å². The molecule has 0 heterocycles. The fourth-order valence-corrected chi connectivity index (χ4v) is 4.16. The molecule has 7 nitrogen and oxygen atoms in total. The van der Waals surface area contributed by atoms with Crippen molar-refractivity contribution in [3.8, 4) is 11.5 Å². The number of esters is 2. The van der Waals surface area contributed by atoms with E-state index < -0.39 is 41.4 Å². The highest BCUT2D eigenvalue weighted by molar-refractivity contribution is 6.00. The zero-order chi connectivity index (χ0) is 28.8. The summed E-state index contributed by atoms with van der Waals surface area (Å²) >= 11 is 0. The van der Waals surface area contributed by atoms with E-state index in [-0.39, 0.29) is 35.2 Å². The summed E-state index contributed by atoms with van der Waals surface area (Å²) in [7, 11) is 1.39. The highest BCUT2D eigenvalue weighted by atomic mass is 19.1. The van der Waals surface area contributed by atoms with E-state index in [0.29, 0.717) is 11.1 Å². The van der Waals surface area contributed by atoms with Crippen LogP contribution in [0.5, 0.6) is 11.5 Å². The van der Waals surface area contributed by atoms with E-state index in [4.69, 9.17) is 14.2 Å². The molecular weight excluding hydrogens is 520 g/mol. The standard InChI is InChI=1S/C31H29F2NO6/c1-18(34-30(36)25-5-4-6-26(38-3)29(25)40-27(35)17-20-7-8-20)31(37)39-19(2)28(21-9-13-23(32)14-10-21)22-11-15-24(33)16-12-22/h4-6,9-16,18,20,28H,2,7-8,17H2,1,3H3,(H,34,36)/t18-/m0/s1. The largest absolute Gasteiger partial charge is 0.493 e. The molecule has 0 bridgehead atoms. The molecule has 0 aliphatic heterocycles. The van der Waals surface area contributed by atoms with Gasteiger partial charge in [0.2, 0.25) is 0 Å². The van der Waals surface area contributed by atoms with E-state index in [1.54, 1.807) is 12.1 Å². The quantitative estimate of drug-likeness (QED) is 0.188. The van der Waals surface area contributed by atoms with Crippen LogP contribution in [0.15, 0.2) is 79.1 Å². The van der Waals surface area contributed by atoms with Gasteiger partial charge >= 0.3 is 11.9 Å². The Balaban J connectivity index is 1.48. The fourth-order valence-electron chi connectivity index (χ4n) is 4.16. The number of benzene rings is 3. The van der Waals surface area contributed by atoms with Gasteiger partial charge in [0, 0.05) is 6.42 Å². The molecule has 3 aromatic carbocycles. The van der Waals surface area contributed by atoms with Crippen molar-refractivity contribution in [1.29, 1.82) is 0 Å². The molecule has 1 saturated carbocycles. The normalized spacial score (nSPS) is 13.3. The third-order valence-corrected chi connectivity index (χ3v) is 6.47. The first-order valence-corrected chi connectivity index (χ1v) is 12.8. The van der Waals surface area contributed by atoms with E-state index in [1.807, 2.05) is 0 Å². The molecule has 1 aliphatic rings. The van der Waals surface area contributed by atoms with Gasteiger partial charge in [0.1, 0.15) is 23.4 Å². The third kappa shape index (κ3) is 7.11. The predicted octanol–water partition coefficient (Wildman–Crippen LogP) is 5.69. The van der Waals surface area contributed by atoms with Crippen molar-refractivity contribution >= 4 is 17.8 Å². The highest BCUT2D eigenvalue weighted by Gasteiger charge is 2.29. The van der Waals surface area contributed by atoms with Crippen molar-refractivity contribution in [1.82, 2.24) is 5.32 Å². The minimum Gasteiger partial charge on any atom is -0.493 e. The summed E-state index contributed by atoms with van der Waals surface area (Å²) in [5, 5.41) is 2.55. The maximum Gasteiger partial charge on any atom is 0.333 e. The third-order valence-electron chi connectivity index (χ3n) is 6.47. The maximum absolute atomic E-state index is 13.6. The van der Waals surface area contributed by atoms with Crippen LogP contribution in [-0.4, -0.2) is 31.0 Å². The Morgan fingerprint density at radius 3 is 2.05 bits per heavy atom. The molecule has 1 amide bonds. The summed E-state index contributed by atoms with van der Waals surface area (Å²) in [6, 6.07) is 14.5. The topological polar surface area (TPSA) is 90.9 Å². The zero-order valence-corrected chi connectivity index (χ0v) is 22.1. The fraction of sp³-hybridized carbons (Fsp3) is 0.258. The average Bonchev–Trinajstić information content (AvgIpc) is 3.74. The van der Waals surface area contributed by atoms with E-state index in [9.17, 15) is 23.2 Å². The lowest BCUT2D eigenvalue weighted by molar-refractivity contribution is -0.141.